The summed E-state index contributed by atoms with van der Waals surface area (Å²) in [4.78, 5) is 16.6. The summed E-state index contributed by atoms with van der Waals surface area (Å²) in [6, 6.07) is 6.52. The van der Waals surface area contributed by atoms with E-state index in [9.17, 15) is 9.18 Å². The maximum Gasteiger partial charge on any atom is 0.234 e. The lowest BCUT2D eigenvalue weighted by Gasteiger charge is -2.14. The molecule has 0 spiro atoms. The number of aromatic nitrogens is 2. The van der Waals surface area contributed by atoms with E-state index in [0.29, 0.717) is 22.4 Å². The summed E-state index contributed by atoms with van der Waals surface area (Å²) in [5.74, 6) is 0.932. The zero-order valence-corrected chi connectivity index (χ0v) is 13.0. The number of hydrogen-bond donors (Lipinski definition) is 0. The lowest BCUT2D eigenvalue weighted by atomic mass is 9.89. The first-order valence-electron chi connectivity index (χ1n) is 6.58. The van der Waals surface area contributed by atoms with Crippen molar-refractivity contribution in [3.63, 3.8) is 0 Å². The molecule has 4 nitrogen and oxygen atoms in total. The van der Waals surface area contributed by atoms with Gasteiger partial charge in [-0.3, -0.25) is 4.79 Å². The number of rotatable bonds is 5. The summed E-state index contributed by atoms with van der Waals surface area (Å²) >= 11 is 1.29. The number of thioether (sulfide) groups is 1. The molecule has 0 atom stereocenters. The summed E-state index contributed by atoms with van der Waals surface area (Å²) < 4.78 is 18.5. The Balaban J connectivity index is 1.95. The van der Waals surface area contributed by atoms with Crippen LogP contribution in [0.3, 0.4) is 0 Å². The highest BCUT2D eigenvalue weighted by molar-refractivity contribution is 7.98. The van der Waals surface area contributed by atoms with Crippen molar-refractivity contribution in [1.82, 2.24) is 10.1 Å². The fourth-order valence-electron chi connectivity index (χ4n) is 1.53. The lowest BCUT2D eigenvalue weighted by molar-refractivity contribution is -0.125. The van der Waals surface area contributed by atoms with E-state index in [1.165, 1.54) is 17.8 Å². The third kappa shape index (κ3) is 4.39. The third-order valence-electron chi connectivity index (χ3n) is 2.85. The molecule has 0 aliphatic rings. The SMILES string of the molecule is CC(C)(C)C(=O)Cc1nc(CSc2ccccc2F)no1. The third-order valence-corrected chi connectivity index (χ3v) is 3.90. The van der Waals surface area contributed by atoms with E-state index in [0.717, 1.165) is 0 Å². The van der Waals surface area contributed by atoms with Gasteiger partial charge >= 0.3 is 0 Å². The second kappa shape index (κ2) is 6.39. The standard InChI is InChI=1S/C15H17FN2O2S/c1-15(2,3)12(19)8-14-17-13(18-20-14)9-21-11-7-5-4-6-10(11)16/h4-7H,8-9H2,1-3H3. The van der Waals surface area contributed by atoms with Crippen molar-refractivity contribution >= 4 is 17.5 Å². The second-order valence-electron chi connectivity index (χ2n) is 5.67. The average Bonchev–Trinajstić information content (AvgIpc) is 2.84. The van der Waals surface area contributed by atoms with Crippen LogP contribution in [0.5, 0.6) is 0 Å². The fraction of sp³-hybridized carbons (Fsp3) is 0.400. The molecule has 6 heteroatoms. The highest BCUT2D eigenvalue weighted by Gasteiger charge is 2.23. The van der Waals surface area contributed by atoms with Crippen LogP contribution in [0.4, 0.5) is 4.39 Å². The van der Waals surface area contributed by atoms with Crippen LogP contribution in [0.25, 0.3) is 0 Å². The van der Waals surface area contributed by atoms with Crippen LogP contribution in [0.2, 0.25) is 0 Å². The van der Waals surface area contributed by atoms with Gasteiger partial charge in [0.25, 0.3) is 0 Å². The minimum absolute atomic E-state index is 0.0412. The molecular weight excluding hydrogens is 291 g/mol. The summed E-state index contributed by atoms with van der Waals surface area (Å²) in [6.45, 7) is 5.54. The Kier molecular flexibility index (Phi) is 4.77. The zero-order chi connectivity index (χ0) is 15.5. The van der Waals surface area contributed by atoms with E-state index in [1.807, 2.05) is 20.8 Å². The first kappa shape index (κ1) is 15.7. The van der Waals surface area contributed by atoms with E-state index >= 15 is 0 Å². The normalized spacial score (nSPS) is 11.6. The molecule has 0 bridgehead atoms. The molecule has 0 radical (unpaired) electrons. The van der Waals surface area contributed by atoms with Crippen molar-refractivity contribution in [3.05, 3.63) is 41.8 Å². The number of benzene rings is 1. The molecule has 0 fully saturated rings. The smallest absolute Gasteiger partial charge is 0.234 e. The Labute approximate surface area is 127 Å². The van der Waals surface area contributed by atoms with E-state index in [1.54, 1.807) is 18.2 Å². The predicted octanol–water partition coefficient (Wildman–Crippen LogP) is 3.66. The van der Waals surface area contributed by atoms with Crippen molar-refractivity contribution in [2.24, 2.45) is 5.41 Å². The van der Waals surface area contributed by atoms with E-state index in [4.69, 9.17) is 4.52 Å². The number of nitrogens with zero attached hydrogens (tertiary/aromatic N) is 2. The van der Waals surface area contributed by atoms with Crippen LogP contribution in [-0.4, -0.2) is 15.9 Å². The molecule has 1 aromatic heterocycles. The van der Waals surface area contributed by atoms with E-state index in [2.05, 4.69) is 10.1 Å². The van der Waals surface area contributed by atoms with Gasteiger partial charge in [0, 0.05) is 10.3 Å². The zero-order valence-electron chi connectivity index (χ0n) is 12.2. The molecule has 0 saturated heterocycles. The molecule has 1 aromatic carbocycles. The van der Waals surface area contributed by atoms with Crippen molar-refractivity contribution in [3.8, 4) is 0 Å². The maximum absolute atomic E-state index is 13.5. The van der Waals surface area contributed by atoms with Crippen LogP contribution < -0.4 is 0 Å². The number of Topliss-reactive ketones (excluding diaryl/α,β-unsaturated/α-hetero) is 1. The van der Waals surface area contributed by atoms with Crippen LogP contribution in [-0.2, 0) is 17.0 Å². The van der Waals surface area contributed by atoms with Gasteiger partial charge in [0.15, 0.2) is 5.82 Å². The number of ketones is 1. The van der Waals surface area contributed by atoms with Crippen LogP contribution in [0, 0.1) is 11.2 Å². The summed E-state index contributed by atoms with van der Waals surface area (Å²) in [5.41, 5.74) is -0.434. The van der Waals surface area contributed by atoms with Gasteiger partial charge in [-0.25, -0.2) is 4.39 Å². The number of halogens is 1. The maximum atomic E-state index is 13.5. The Morgan fingerprint density at radius 3 is 2.71 bits per heavy atom. The van der Waals surface area contributed by atoms with Crippen LogP contribution >= 0.6 is 11.8 Å². The van der Waals surface area contributed by atoms with E-state index in [-0.39, 0.29) is 18.0 Å². The van der Waals surface area contributed by atoms with Gasteiger partial charge in [-0.2, -0.15) is 4.98 Å². The molecule has 0 aliphatic carbocycles. The molecule has 0 unspecified atom stereocenters. The lowest BCUT2D eigenvalue weighted by Crippen LogP contribution is -2.22. The van der Waals surface area contributed by atoms with E-state index < -0.39 is 5.41 Å². The fourth-order valence-corrected chi connectivity index (χ4v) is 2.31. The van der Waals surface area contributed by atoms with Gasteiger partial charge in [0.2, 0.25) is 5.89 Å². The minimum atomic E-state index is -0.434. The van der Waals surface area contributed by atoms with Gasteiger partial charge in [-0.1, -0.05) is 38.1 Å². The first-order valence-corrected chi connectivity index (χ1v) is 7.57. The molecule has 0 aliphatic heterocycles. The molecule has 21 heavy (non-hydrogen) atoms. The molecule has 2 aromatic rings. The molecule has 2 rings (SSSR count). The highest BCUT2D eigenvalue weighted by atomic mass is 32.2. The molecule has 0 N–H and O–H groups in total. The van der Waals surface area contributed by atoms with Crippen LogP contribution in [0.1, 0.15) is 32.5 Å². The van der Waals surface area contributed by atoms with Gasteiger partial charge < -0.3 is 4.52 Å². The van der Waals surface area contributed by atoms with Crippen molar-refractivity contribution in [2.45, 2.75) is 37.8 Å². The quantitative estimate of drug-likeness (QED) is 0.789. The Morgan fingerprint density at radius 1 is 1.33 bits per heavy atom. The molecular formula is C15H17FN2O2S. The Bertz CT molecular complexity index is 635. The second-order valence-corrected chi connectivity index (χ2v) is 6.69. The summed E-state index contributed by atoms with van der Waals surface area (Å²) in [5, 5.41) is 3.81. The number of carbonyl (C=O) groups is 1. The minimum Gasteiger partial charge on any atom is -0.339 e. The van der Waals surface area contributed by atoms with Crippen molar-refractivity contribution in [1.29, 1.82) is 0 Å². The van der Waals surface area contributed by atoms with Crippen molar-refractivity contribution < 1.29 is 13.7 Å². The Hall–Kier alpha value is -1.69. The summed E-state index contributed by atoms with van der Waals surface area (Å²) in [7, 11) is 0. The number of carbonyl (C=O) groups excluding carboxylic acids is 1. The van der Waals surface area contributed by atoms with Gasteiger partial charge in [-0.15, -0.1) is 11.8 Å². The topological polar surface area (TPSA) is 56.0 Å². The average molecular weight is 308 g/mol. The molecule has 0 saturated carbocycles. The van der Waals surface area contributed by atoms with Gasteiger partial charge in [0.05, 0.1) is 12.2 Å². The Morgan fingerprint density at radius 2 is 2.05 bits per heavy atom. The number of hydrogen-bond acceptors (Lipinski definition) is 5. The van der Waals surface area contributed by atoms with Gasteiger partial charge in [0.1, 0.15) is 11.6 Å². The first-order chi connectivity index (χ1) is 9.86. The highest BCUT2D eigenvalue weighted by Crippen LogP contribution is 2.24. The van der Waals surface area contributed by atoms with Gasteiger partial charge in [-0.05, 0) is 12.1 Å². The molecule has 1 heterocycles. The van der Waals surface area contributed by atoms with Crippen molar-refractivity contribution in [2.75, 3.05) is 0 Å². The molecule has 112 valence electrons. The monoisotopic (exact) mass is 308 g/mol. The van der Waals surface area contributed by atoms with Crippen LogP contribution in [0.15, 0.2) is 33.7 Å². The predicted molar refractivity (Wildman–Crippen MR) is 78.4 cm³/mol. The summed E-state index contributed by atoms with van der Waals surface area (Å²) in [6.07, 6.45) is 0.126. The molecule has 0 amide bonds. The largest absolute Gasteiger partial charge is 0.339 e.